The van der Waals surface area contributed by atoms with Gasteiger partial charge in [0.1, 0.15) is 5.52 Å². The van der Waals surface area contributed by atoms with Gasteiger partial charge >= 0.3 is 0 Å². The van der Waals surface area contributed by atoms with Gasteiger partial charge in [0.05, 0.1) is 10.5 Å². The first-order chi connectivity index (χ1) is 6.81. The van der Waals surface area contributed by atoms with E-state index in [4.69, 9.17) is 17.3 Å². The number of hydrogen-bond donors (Lipinski definition) is 1. The van der Waals surface area contributed by atoms with Crippen molar-refractivity contribution in [1.29, 1.82) is 0 Å². The van der Waals surface area contributed by atoms with Crippen LogP contribution in [-0.4, -0.2) is 21.7 Å². The van der Waals surface area contributed by atoms with E-state index in [0.29, 0.717) is 29.3 Å². The Bertz CT molecular complexity index is 458. The van der Waals surface area contributed by atoms with E-state index in [-0.39, 0.29) is 0 Å². The minimum absolute atomic E-state index is 0.522. The van der Waals surface area contributed by atoms with Gasteiger partial charge in [0, 0.05) is 6.42 Å². The van der Waals surface area contributed by atoms with E-state index in [2.05, 4.69) is 15.2 Å². The first-order valence-electron chi connectivity index (χ1n) is 4.29. The zero-order valence-corrected chi connectivity index (χ0v) is 8.20. The lowest BCUT2D eigenvalue weighted by Gasteiger charge is -2.00. The highest BCUT2D eigenvalue weighted by molar-refractivity contribution is 6.34. The van der Waals surface area contributed by atoms with Crippen LogP contribution in [0.2, 0.25) is 5.02 Å². The van der Waals surface area contributed by atoms with Gasteiger partial charge in [-0.1, -0.05) is 17.7 Å². The molecule has 0 aliphatic heterocycles. The van der Waals surface area contributed by atoms with Crippen molar-refractivity contribution in [2.75, 3.05) is 6.54 Å². The van der Waals surface area contributed by atoms with E-state index in [9.17, 15) is 0 Å². The Kier molecular flexibility index (Phi) is 2.56. The third-order valence-corrected chi connectivity index (χ3v) is 2.15. The molecule has 0 amide bonds. The molecule has 0 radical (unpaired) electrons. The highest BCUT2D eigenvalue weighted by Gasteiger charge is 2.03. The van der Waals surface area contributed by atoms with Gasteiger partial charge in [0.15, 0.2) is 5.82 Å². The van der Waals surface area contributed by atoms with Crippen LogP contribution in [0.5, 0.6) is 0 Å². The average molecular weight is 209 g/mol. The SMILES string of the molecule is NCCc1nnc2c(Cl)cccc2n1. The third-order valence-electron chi connectivity index (χ3n) is 1.85. The van der Waals surface area contributed by atoms with E-state index < -0.39 is 0 Å². The van der Waals surface area contributed by atoms with Crippen molar-refractivity contribution in [3.8, 4) is 0 Å². The highest BCUT2D eigenvalue weighted by Crippen LogP contribution is 2.18. The second-order valence-corrected chi connectivity index (χ2v) is 3.28. The van der Waals surface area contributed by atoms with E-state index in [0.717, 1.165) is 5.52 Å². The molecule has 0 bridgehead atoms. The zero-order valence-electron chi connectivity index (χ0n) is 7.44. The van der Waals surface area contributed by atoms with Crippen LogP contribution in [-0.2, 0) is 6.42 Å². The number of halogens is 1. The van der Waals surface area contributed by atoms with Crippen LogP contribution >= 0.6 is 11.6 Å². The largest absolute Gasteiger partial charge is 0.330 e. The quantitative estimate of drug-likeness (QED) is 0.805. The number of rotatable bonds is 2. The molecule has 72 valence electrons. The van der Waals surface area contributed by atoms with Gasteiger partial charge in [-0.2, -0.15) is 0 Å². The molecular weight excluding hydrogens is 200 g/mol. The van der Waals surface area contributed by atoms with Gasteiger partial charge in [0.25, 0.3) is 0 Å². The summed E-state index contributed by atoms with van der Waals surface area (Å²) in [6.07, 6.45) is 0.634. The number of nitrogens with two attached hydrogens (primary N) is 1. The lowest BCUT2D eigenvalue weighted by Crippen LogP contribution is -2.07. The summed E-state index contributed by atoms with van der Waals surface area (Å²) in [5.41, 5.74) is 6.80. The molecule has 2 aromatic rings. The maximum Gasteiger partial charge on any atom is 0.152 e. The van der Waals surface area contributed by atoms with Crippen molar-refractivity contribution in [3.63, 3.8) is 0 Å². The first kappa shape index (κ1) is 9.30. The topological polar surface area (TPSA) is 64.7 Å². The van der Waals surface area contributed by atoms with Crippen LogP contribution in [0.3, 0.4) is 0 Å². The average Bonchev–Trinajstić information content (AvgIpc) is 2.18. The van der Waals surface area contributed by atoms with Crippen molar-refractivity contribution >= 4 is 22.6 Å². The Labute approximate surface area is 86.1 Å². The van der Waals surface area contributed by atoms with Crippen LogP contribution in [0.1, 0.15) is 5.82 Å². The normalized spacial score (nSPS) is 10.7. The van der Waals surface area contributed by atoms with Crippen LogP contribution in [0.4, 0.5) is 0 Å². The summed E-state index contributed by atoms with van der Waals surface area (Å²) in [5, 5.41) is 8.50. The smallest absolute Gasteiger partial charge is 0.152 e. The van der Waals surface area contributed by atoms with Crippen LogP contribution in [0, 0.1) is 0 Å². The van der Waals surface area contributed by atoms with Crippen molar-refractivity contribution < 1.29 is 0 Å². The molecule has 1 aromatic heterocycles. The second kappa shape index (κ2) is 3.86. The molecule has 0 spiro atoms. The fraction of sp³-hybridized carbons (Fsp3) is 0.222. The fourth-order valence-corrected chi connectivity index (χ4v) is 1.40. The molecule has 1 aromatic carbocycles. The van der Waals surface area contributed by atoms with Gasteiger partial charge in [-0.25, -0.2) is 4.98 Å². The van der Waals surface area contributed by atoms with Crippen molar-refractivity contribution in [2.24, 2.45) is 5.73 Å². The molecule has 2 rings (SSSR count). The Morgan fingerprint density at radius 1 is 1.29 bits per heavy atom. The van der Waals surface area contributed by atoms with Gasteiger partial charge in [-0.3, -0.25) is 0 Å². The molecule has 14 heavy (non-hydrogen) atoms. The van der Waals surface area contributed by atoms with Crippen LogP contribution < -0.4 is 5.73 Å². The predicted molar refractivity (Wildman–Crippen MR) is 55.1 cm³/mol. The van der Waals surface area contributed by atoms with E-state index in [1.165, 1.54) is 0 Å². The van der Waals surface area contributed by atoms with Gasteiger partial charge in [0.2, 0.25) is 0 Å². The zero-order chi connectivity index (χ0) is 9.97. The maximum absolute atomic E-state index is 5.92. The molecule has 2 N–H and O–H groups in total. The summed E-state index contributed by atoms with van der Waals surface area (Å²) in [6.45, 7) is 0.522. The summed E-state index contributed by atoms with van der Waals surface area (Å²) in [7, 11) is 0. The number of fused-ring (bicyclic) bond motifs is 1. The Morgan fingerprint density at radius 3 is 2.93 bits per heavy atom. The van der Waals surface area contributed by atoms with E-state index in [1.54, 1.807) is 6.07 Å². The molecule has 0 aliphatic rings. The Hall–Kier alpha value is -1.26. The number of nitrogens with zero attached hydrogens (tertiary/aromatic N) is 3. The minimum Gasteiger partial charge on any atom is -0.330 e. The molecule has 1 heterocycles. The van der Waals surface area contributed by atoms with Gasteiger partial charge < -0.3 is 5.73 Å². The number of hydrogen-bond acceptors (Lipinski definition) is 4. The van der Waals surface area contributed by atoms with E-state index in [1.807, 2.05) is 12.1 Å². The third kappa shape index (κ3) is 1.66. The minimum atomic E-state index is 0.522. The molecule has 0 fully saturated rings. The van der Waals surface area contributed by atoms with Crippen molar-refractivity contribution in [1.82, 2.24) is 15.2 Å². The summed E-state index contributed by atoms with van der Waals surface area (Å²) in [5.74, 6) is 0.655. The van der Waals surface area contributed by atoms with Crippen molar-refractivity contribution in [2.45, 2.75) is 6.42 Å². The molecular formula is C9H9ClN4. The van der Waals surface area contributed by atoms with E-state index >= 15 is 0 Å². The maximum atomic E-state index is 5.92. The lowest BCUT2D eigenvalue weighted by molar-refractivity contribution is 0.832. The van der Waals surface area contributed by atoms with Gasteiger partial charge in [-0.05, 0) is 18.7 Å². The van der Waals surface area contributed by atoms with Crippen molar-refractivity contribution in [3.05, 3.63) is 29.0 Å². The molecule has 0 aliphatic carbocycles. The lowest BCUT2D eigenvalue weighted by atomic mass is 10.3. The Balaban J connectivity index is 2.56. The predicted octanol–water partition coefficient (Wildman–Crippen LogP) is 1.18. The monoisotopic (exact) mass is 208 g/mol. The summed E-state index contributed by atoms with van der Waals surface area (Å²) < 4.78 is 0. The highest BCUT2D eigenvalue weighted by atomic mass is 35.5. The van der Waals surface area contributed by atoms with Crippen LogP contribution in [0.15, 0.2) is 18.2 Å². The number of benzene rings is 1. The van der Waals surface area contributed by atoms with Crippen LogP contribution in [0.25, 0.3) is 11.0 Å². The molecule has 4 nitrogen and oxygen atoms in total. The summed E-state index contributed by atoms with van der Waals surface area (Å²) >= 11 is 5.92. The van der Waals surface area contributed by atoms with Gasteiger partial charge in [-0.15, -0.1) is 10.2 Å². The molecule has 5 heteroatoms. The molecule has 0 unspecified atom stereocenters. The molecule has 0 atom stereocenters. The molecule has 0 saturated carbocycles. The summed E-state index contributed by atoms with van der Waals surface area (Å²) in [6, 6.07) is 5.46. The first-order valence-corrected chi connectivity index (χ1v) is 4.67. The summed E-state index contributed by atoms with van der Waals surface area (Å²) in [4.78, 5) is 4.29. The molecule has 0 saturated heterocycles. The second-order valence-electron chi connectivity index (χ2n) is 2.87. The number of aromatic nitrogens is 3. The standard InChI is InChI=1S/C9H9ClN4/c10-6-2-1-3-7-9(6)14-13-8(12-7)4-5-11/h1-3H,4-5,11H2. The fourth-order valence-electron chi connectivity index (χ4n) is 1.20. The Morgan fingerprint density at radius 2 is 2.14 bits per heavy atom.